The van der Waals surface area contributed by atoms with Crippen LogP contribution in [0.25, 0.3) is 0 Å². The highest BCUT2D eigenvalue weighted by Crippen LogP contribution is 2.20. The molecule has 0 aliphatic carbocycles. The fourth-order valence-corrected chi connectivity index (χ4v) is 2.68. The van der Waals surface area contributed by atoms with Crippen molar-refractivity contribution >= 4 is 35.2 Å². The molecule has 0 heterocycles. The molecule has 2 aromatic rings. The second-order valence-corrected chi connectivity index (χ2v) is 7.75. The van der Waals surface area contributed by atoms with Crippen molar-refractivity contribution in [2.75, 3.05) is 11.9 Å². The quantitative estimate of drug-likeness (QED) is 0.641. The number of ether oxygens (including phenoxy) is 1. The number of nitrogens with one attached hydrogen (secondary N) is 3. The Bertz CT molecular complexity index is 924. The molecule has 30 heavy (non-hydrogen) atoms. The molecule has 9 heteroatoms. The van der Waals surface area contributed by atoms with Gasteiger partial charge in [-0.2, -0.15) is 0 Å². The molecule has 0 saturated carbocycles. The number of hydrogen-bond donors (Lipinski definition) is 3. The summed E-state index contributed by atoms with van der Waals surface area (Å²) in [4.78, 5) is 36.1. The van der Waals surface area contributed by atoms with Crippen LogP contribution >= 0.6 is 11.6 Å². The van der Waals surface area contributed by atoms with Gasteiger partial charge in [-0.3, -0.25) is 9.59 Å². The summed E-state index contributed by atoms with van der Waals surface area (Å²) in [6.45, 7) is 4.88. The lowest BCUT2D eigenvalue weighted by Crippen LogP contribution is -2.37. The van der Waals surface area contributed by atoms with Crippen LogP contribution in [0.5, 0.6) is 0 Å². The van der Waals surface area contributed by atoms with Crippen LogP contribution in [0, 0.1) is 5.82 Å². The third-order valence-electron chi connectivity index (χ3n) is 3.71. The largest absolute Gasteiger partial charge is 0.444 e. The summed E-state index contributed by atoms with van der Waals surface area (Å²) in [6, 6.07) is 10.7. The molecular formula is C21H23ClFN3O4. The SMILES string of the molecule is CC(C)(C)OC(=O)NCC(=O)Nc1ccccc1CNC(=O)c1c(F)cccc1Cl. The zero-order valence-corrected chi connectivity index (χ0v) is 17.6. The Labute approximate surface area is 178 Å². The van der Waals surface area contributed by atoms with Gasteiger partial charge in [0.25, 0.3) is 5.91 Å². The molecule has 2 rings (SSSR count). The van der Waals surface area contributed by atoms with Gasteiger partial charge in [0.05, 0.1) is 10.6 Å². The minimum Gasteiger partial charge on any atom is -0.444 e. The molecule has 0 unspecified atom stereocenters. The van der Waals surface area contributed by atoms with E-state index in [1.165, 1.54) is 12.1 Å². The van der Waals surface area contributed by atoms with Gasteiger partial charge in [-0.15, -0.1) is 0 Å². The maximum absolute atomic E-state index is 13.9. The summed E-state index contributed by atoms with van der Waals surface area (Å²) in [6.07, 6.45) is -0.708. The van der Waals surface area contributed by atoms with Gasteiger partial charge in [-0.1, -0.05) is 35.9 Å². The first-order chi connectivity index (χ1) is 14.1. The number of anilines is 1. The maximum Gasteiger partial charge on any atom is 0.408 e. The van der Waals surface area contributed by atoms with Crippen molar-refractivity contribution < 1.29 is 23.5 Å². The van der Waals surface area contributed by atoms with Gasteiger partial charge in [0.2, 0.25) is 5.91 Å². The number of benzene rings is 2. The van der Waals surface area contributed by atoms with Gasteiger partial charge in [-0.25, -0.2) is 9.18 Å². The van der Waals surface area contributed by atoms with Crippen molar-refractivity contribution in [3.8, 4) is 0 Å². The number of hydrogen-bond acceptors (Lipinski definition) is 4. The number of rotatable bonds is 6. The predicted molar refractivity (Wildman–Crippen MR) is 112 cm³/mol. The first-order valence-corrected chi connectivity index (χ1v) is 9.51. The van der Waals surface area contributed by atoms with E-state index in [1.54, 1.807) is 45.0 Å². The van der Waals surface area contributed by atoms with E-state index < -0.39 is 29.3 Å². The summed E-state index contributed by atoms with van der Waals surface area (Å²) in [5.74, 6) is -1.88. The molecule has 3 amide bonds. The lowest BCUT2D eigenvalue weighted by molar-refractivity contribution is -0.115. The number of halogens is 2. The Morgan fingerprint density at radius 3 is 2.40 bits per heavy atom. The Hall–Kier alpha value is -3.13. The van der Waals surface area contributed by atoms with Crippen LogP contribution < -0.4 is 16.0 Å². The molecule has 7 nitrogen and oxygen atoms in total. The van der Waals surface area contributed by atoms with Crippen molar-refractivity contribution in [2.24, 2.45) is 0 Å². The smallest absolute Gasteiger partial charge is 0.408 e. The van der Waals surface area contributed by atoms with Gasteiger partial charge in [0, 0.05) is 12.2 Å². The summed E-state index contributed by atoms with van der Waals surface area (Å²) < 4.78 is 19.0. The van der Waals surface area contributed by atoms with Gasteiger partial charge in [0.15, 0.2) is 0 Å². The van der Waals surface area contributed by atoms with Crippen molar-refractivity contribution in [1.29, 1.82) is 0 Å². The molecule has 0 saturated heterocycles. The van der Waals surface area contributed by atoms with E-state index in [1.807, 2.05) is 0 Å². The molecule has 0 radical (unpaired) electrons. The number of amides is 3. The van der Waals surface area contributed by atoms with E-state index in [2.05, 4.69) is 16.0 Å². The third-order valence-corrected chi connectivity index (χ3v) is 4.03. The van der Waals surface area contributed by atoms with Crippen LogP contribution in [0.15, 0.2) is 42.5 Å². The summed E-state index contributed by atoms with van der Waals surface area (Å²) in [5.41, 5.74) is 0.103. The molecule has 0 fully saturated rings. The van der Waals surface area contributed by atoms with E-state index in [4.69, 9.17) is 16.3 Å². The van der Waals surface area contributed by atoms with Gasteiger partial charge < -0.3 is 20.7 Å². The fourth-order valence-electron chi connectivity index (χ4n) is 2.44. The summed E-state index contributed by atoms with van der Waals surface area (Å²) in [7, 11) is 0. The highest BCUT2D eigenvalue weighted by Gasteiger charge is 2.18. The standard InChI is InChI=1S/C21H23ClFN3O4/c1-21(2,3)30-20(29)25-12-17(27)26-16-10-5-4-7-13(16)11-24-19(28)18-14(22)8-6-9-15(18)23/h4-10H,11-12H2,1-3H3,(H,24,28)(H,25,29)(H,26,27). The first-order valence-electron chi connectivity index (χ1n) is 9.13. The Morgan fingerprint density at radius 2 is 1.73 bits per heavy atom. The van der Waals surface area contributed by atoms with Crippen LogP contribution in [-0.2, 0) is 16.1 Å². The minimum absolute atomic E-state index is 0.00213. The average Bonchev–Trinajstić information content (AvgIpc) is 2.64. The van der Waals surface area contributed by atoms with Crippen LogP contribution in [0.1, 0.15) is 36.7 Å². The lowest BCUT2D eigenvalue weighted by atomic mass is 10.1. The van der Waals surface area contributed by atoms with Gasteiger partial charge in [-0.05, 0) is 44.5 Å². The Morgan fingerprint density at radius 1 is 1.03 bits per heavy atom. The topological polar surface area (TPSA) is 96.5 Å². The van der Waals surface area contributed by atoms with E-state index in [-0.39, 0.29) is 23.7 Å². The Balaban J connectivity index is 1.96. The molecular weight excluding hydrogens is 413 g/mol. The Kier molecular flexibility index (Phi) is 7.77. The third kappa shape index (κ3) is 7.04. The molecule has 0 aromatic heterocycles. The normalized spacial score (nSPS) is 10.8. The maximum atomic E-state index is 13.9. The van der Waals surface area contributed by atoms with Crippen molar-refractivity contribution in [3.05, 3.63) is 64.4 Å². The van der Waals surface area contributed by atoms with Crippen molar-refractivity contribution in [3.63, 3.8) is 0 Å². The van der Waals surface area contributed by atoms with E-state index in [0.717, 1.165) is 6.07 Å². The van der Waals surface area contributed by atoms with E-state index in [0.29, 0.717) is 11.3 Å². The van der Waals surface area contributed by atoms with Crippen LogP contribution in [-0.4, -0.2) is 30.1 Å². The summed E-state index contributed by atoms with van der Waals surface area (Å²) in [5, 5.41) is 7.60. The van der Waals surface area contributed by atoms with E-state index >= 15 is 0 Å². The minimum atomic E-state index is -0.727. The molecule has 160 valence electrons. The predicted octanol–water partition coefficient (Wildman–Crippen LogP) is 3.87. The highest BCUT2D eigenvalue weighted by molar-refractivity contribution is 6.33. The molecule has 0 bridgehead atoms. The summed E-state index contributed by atoms with van der Waals surface area (Å²) >= 11 is 5.90. The molecule has 0 aliphatic rings. The van der Waals surface area contributed by atoms with Gasteiger partial charge in [0.1, 0.15) is 18.0 Å². The van der Waals surface area contributed by atoms with Crippen molar-refractivity contribution in [1.82, 2.24) is 10.6 Å². The monoisotopic (exact) mass is 435 g/mol. The first kappa shape index (κ1) is 23.2. The van der Waals surface area contributed by atoms with Crippen LogP contribution in [0.3, 0.4) is 0 Å². The number of para-hydroxylation sites is 1. The molecule has 3 N–H and O–H groups in total. The number of alkyl carbamates (subject to hydrolysis) is 1. The highest BCUT2D eigenvalue weighted by atomic mass is 35.5. The molecule has 2 aromatic carbocycles. The van der Waals surface area contributed by atoms with Crippen LogP contribution in [0.4, 0.5) is 14.9 Å². The molecule has 0 spiro atoms. The second-order valence-electron chi connectivity index (χ2n) is 7.34. The second kappa shape index (κ2) is 10.1. The van der Waals surface area contributed by atoms with Crippen molar-refractivity contribution in [2.45, 2.75) is 32.9 Å². The zero-order valence-electron chi connectivity index (χ0n) is 16.8. The number of carbonyl (C=O) groups is 3. The zero-order chi connectivity index (χ0) is 22.3. The van der Waals surface area contributed by atoms with Gasteiger partial charge >= 0.3 is 6.09 Å². The van der Waals surface area contributed by atoms with Crippen LogP contribution in [0.2, 0.25) is 5.02 Å². The fraction of sp³-hybridized carbons (Fsp3) is 0.286. The molecule has 0 aliphatic heterocycles. The molecule has 0 atom stereocenters. The average molecular weight is 436 g/mol. The number of carbonyl (C=O) groups excluding carboxylic acids is 3. The van der Waals surface area contributed by atoms with E-state index in [9.17, 15) is 18.8 Å². The lowest BCUT2D eigenvalue weighted by Gasteiger charge is -2.19.